The lowest BCUT2D eigenvalue weighted by molar-refractivity contribution is 0.586. The summed E-state index contributed by atoms with van der Waals surface area (Å²) in [6.07, 6.45) is 0.788. The van der Waals surface area contributed by atoms with Gasteiger partial charge in [0.1, 0.15) is 0 Å². The van der Waals surface area contributed by atoms with E-state index in [2.05, 4.69) is 74.8 Å². The highest BCUT2D eigenvalue weighted by Gasteiger charge is 2.16. The van der Waals surface area contributed by atoms with E-state index in [1.807, 2.05) is 11.6 Å². The van der Waals surface area contributed by atoms with Crippen LogP contribution in [0.5, 0.6) is 0 Å². The van der Waals surface area contributed by atoms with Crippen molar-refractivity contribution in [3.63, 3.8) is 0 Å². The first kappa shape index (κ1) is 15.0. The van der Waals surface area contributed by atoms with Gasteiger partial charge in [-0.05, 0) is 70.1 Å². The molecule has 2 aromatic rings. The number of aryl methyl sites for hydroxylation is 2. The van der Waals surface area contributed by atoms with Crippen LogP contribution in [-0.4, -0.2) is 9.78 Å². The molecule has 5 heteroatoms. The predicted octanol–water partition coefficient (Wildman–Crippen LogP) is 3.82. The van der Waals surface area contributed by atoms with Gasteiger partial charge in [0.15, 0.2) is 0 Å². The van der Waals surface area contributed by atoms with Crippen molar-refractivity contribution in [3.05, 3.63) is 49.3 Å². The van der Waals surface area contributed by atoms with Gasteiger partial charge >= 0.3 is 0 Å². The molecule has 0 radical (unpaired) electrons. The molecule has 0 spiro atoms. The number of hydrogen-bond donors (Lipinski definition) is 1. The molecule has 0 bridgehead atoms. The summed E-state index contributed by atoms with van der Waals surface area (Å²) in [6.45, 7) is 4.97. The maximum absolute atomic E-state index is 6.31. The summed E-state index contributed by atoms with van der Waals surface area (Å²) in [5.74, 6) is 0. The Bertz CT molecular complexity index is 563. The van der Waals surface area contributed by atoms with Crippen molar-refractivity contribution in [2.24, 2.45) is 5.73 Å². The van der Waals surface area contributed by atoms with E-state index >= 15 is 0 Å². The van der Waals surface area contributed by atoms with Gasteiger partial charge in [0, 0.05) is 22.6 Å². The second kappa shape index (κ2) is 6.37. The van der Waals surface area contributed by atoms with Gasteiger partial charge in [-0.15, -0.1) is 0 Å². The minimum Gasteiger partial charge on any atom is -0.324 e. The first-order valence-corrected chi connectivity index (χ1v) is 8.13. The Hall–Kier alpha value is -0.400. The van der Waals surface area contributed by atoms with Crippen LogP contribution in [0, 0.1) is 10.5 Å². The van der Waals surface area contributed by atoms with E-state index in [4.69, 9.17) is 5.73 Å². The molecule has 0 amide bonds. The highest BCUT2D eigenvalue weighted by Crippen LogP contribution is 2.25. The zero-order valence-electron chi connectivity index (χ0n) is 11.0. The average Bonchev–Trinajstić information content (AvgIpc) is 2.67. The molecule has 1 atom stereocenters. The normalized spacial score (nSPS) is 12.7. The monoisotopic (exact) mass is 433 g/mol. The van der Waals surface area contributed by atoms with Crippen molar-refractivity contribution in [3.8, 4) is 0 Å². The van der Waals surface area contributed by atoms with E-state index in [0.29, 0.717) is 0 Å². The van der Waals surface area contributed by atoms with Crippen LogP contribution in [0.1, 0.15) is 29.9 Å². The molecule has 102 valence electrons. The van der Waals surface area contributed by atoms with Gasteiger partial charge in [-0.2, -0.15) is 5.10 Å². The fourth-order valence-corrected chi connectivity index (χ4v) is 2.91. The molecule has 0 aliphatic rings. The Kier molecular flexibility index (Phi) is 5.03. The minimum atomic E-state index is -0.00491. The van der Waals surface area contributed by atoms with E-state index < -0.39 is 0 Å². The number of rotatable bonds is 4. The Morgan fingerprint density at radius 3 is 2.58 bits per heavy atom. The molecule has 0 saturated heterocycles. The lowest BCUT2D eigenvalue weighted by atomic mass is 10.0. The van der Waals surface area contributed by atoms with E-state index in [9.17, 15) is 0 Å². The van der Waals surface area contributed by atoms with Gasteiger partial charge < -0.3 is 5.73 Å². The van der Waals surface area contributed by atoms with Crippen LogP contribution in [0.25, 0.3) is 0 Å². The van der Waals surface area contributed by atoms with Crippen LogP contribution < -0.4 is 5.73 Å². The first-order chi connectivity index (χ1) is 9.02. The molecule has 1 unspecified atom stereocenters. The molecule has 0 aliphatic carbocycles. The molecule has 3 nitrogen and oxygen atoms in total. The molecule has 0 saturated carbocycles. The molecule has 1 heterocycles. The molecule has 1 aromatic heterocycles. The largest absolute Gasteiger partial charge is 0.324 e. The fraction of sp³-hybridized carbons (Fsp3) is 0.357. The summed E-state index contributed by atoms with van der Waals surface area (Å²) in [5, 5.41) is 4.50. The molecule has 2 N–H and O–H groups in total. The van der Waals surface area contributed by atoms with Gasteiger partial charge in [0.05, 0.1) is 15.9 Å². The summed E-state index contributed by atoms with van der Waals surface area (Å²) in [6, 6.07) is 8.37. The lowest BCUT2D eigenvalue weighted by Gasteiger charge is -2.13. The van der Waals surface area contributed by atoms with Crippen LogP contribution in [0.4, 0.5) is 0 Å². The van der Waals surface area contributed by atoms with Crippen molar-refractivity contribution in [1.29, 1.82) is 0 Å². The summed E-state index contributed by atoms with van der Waals surface area (Å²) in [5.41, 5.74) is 9.67. The van der Waals surface area contributed by atoms with E-state index in [1.54, 1.807) is 0 Å². The van der Waals surface area contributed by atoms with Gasteiger partial charge in [0.25, 0.3) is 0 Å². The smallest absolute Gasteiger partial charge is 0.0738 e. The molecule has 1 aromatic carbocycles. The van der Waals surface area contributed by atoms with Crippen molar-refractivity contribution < 1.29 is 0 Å². The third-order valence-electron chi connectivity index (χ3n) is 3.16. The number of halogens is 2. The number of nitrogens with zero attached hydrogens (tertiary/aromatic N) is 2. The van der Waals surface area contributed by atoms with E-state index in [1.165, 1.54) is 9.26 Å². The molecule has 2 rings (SSSR count). The van der Waals surface area contributed by atoms with Gasteiger partial charge in [0.2, 0.25) is 0 Å². The number of aromatic nitrogens is 2. The minimum absolute atomic E-state index is 0.00491. The average molecular weight is 434 g/mol. The Labute approximate surface area is 135 Å². The molecular formula is C14H17BrIN3. The topological polar surface area (TPSA) is 43.8 Å². The molecule has 0 fully saturated rings. The summed E-state index contributed by atoms with van der Waals surface area (Å²) in [4.78, 5) is 0. The van der Waals surface area contributed by atoms with Gasteiger partial charge in [-0.25, -0.2) is 0 Å². The Morgan fingerprint density at radius 2 is 2.00 bits per heavy atom. The van der Waals surface area contributed by atoms with Crippen LogP contribution in [0.15, 0.2) is 28.7 Å². The third-order valence-corrected chi connectivity index (χ3v) is 4.91. The SMILES string of the molecule is CCn1nc(C)c(Br)c1CC(N)c1ccc(I)cc1. The zero-order chi connectivity index (χ0) is 14.0. The third kappa shape index (κ3) is 3.38. The Balaban J connectivity index is 2.23. The van der Waals surface area contributed by atoms with Crippen LogP contribution >= 0.6 is 38.5 Å². The predicted molar refractivity (Wildman–Crippen MR) is 90.1 cm³/mol. The van der Waals surface area contributed by atoms with Crippen LogP contribution in [0.2, 0.25) is 0 Å². The number of nitrogens with two attached hydrogens (primary N) is 1. The quantitative estimate of drug-likeness (QED) is 0.744. The molecule has 19 heavy (non-hydrogen) atoms. The van der Waals surface area contributed by atoms with Crippen LogP contribution in [0.3, 0.4) is 0 Å². The van der Waals surface area contributed by atoms with Crippen molar-refractivity contribution >= 4 is 38.5 Å². The second-order valence-corrected chi connectivity index (χ2v) is 6.56. The fourth-order valence-electron chi connectivity index (χ4n) is 2.10. The maximum Gasteiger partial charge on any atom is 0.0738 e. The summed E-state index contributed by atoms with van der Waals surface area (Å²) < 4.78 is 4.32. The van der Waals surface area contributed by atoms with E-state index in [-0.39, 0.29) is 6.04 Å². The summed E-state index contributed by atoms with van der Waals surface area (Å²) >= 11 is 5.92. The zero-order valence-corrected chi connectivity index (χ0v) is 14.8. The van der Waals surface area contributed by atoms with Crippen molar-refractivity contribution in [2.75, 3.05) is 0 Å². The van der Waals surface area contributed by atoms with Crippen molar-refractivity contribution in [1.82, 2.24) is 9.78 Å². The standard InChI is InChI=1S/C14H17BrIN3/c1-3-19-13(14(15)9(2)18-19)8-12(17)10-4-6-11(16)7-5-10/h4-7,12H,3,8,17H2,1-2H3. The van der Waals surface area contributed by atoms with Gasteiger partial charge in [-0.3, -0.25) is 4.68 Å². The lowest BCUT2D eigenvalue weighted by Crippen LogP contribution is -2.16. The first-order valence-electron chi connectivity index (χ1n) is 6.25. The highest BCUT2D eigenvalue weighted by atomic mass is 127. The number of benzene rings is 1. The second-order valence-electron chi connectivity index (χ2n) is 4.52. The van der Waals surface area contributed by atoms with Gasteiger partial charge in [-0.1, -0.05) is 12.1 Å². The summed E-state index contributed by atoms with van der Waals surface area (Å²) in [7, 11) is 0. The Morgan fingerprint density at radius 1 is 1.37 bits per heavy atom. The van der Waals surface area contributed by atoms with Crippen LogP contribution in [-0.2, 0) is 13.0 Å². The van der Waals surface area contributed by atoms with Crippen molar-refractivity contribution in [2.45, 2.75) is 32.9 Å². The molecular weight excluding hydrogens is 417 g/mol. The molecule has 0 aliphatic heterocycles. The van der Waals surface area contributed by atoms with E-state index in [0.717, 1.165) is 28.7 Å². The number of hydrogen-bond acceptors (Lipinski definition) is 2. The maximum atomic E-state index is 6.31. The highest BCUT2D eigenvalue weighted by molar-refractivity contribution is 14.1.